The van der Waals surface area contributed by atoms with Gasteiger partial charge in [-0.2, -0.15) is 0 Å². The van der Waals surface area contributed by atoms with Gasteiger partial charge in [0.15, 0.2) is 11.8 Å². The van der Waals surface area contributed by atoms with Crippen LogP contribution in [-0.2, 0) is 26.1 Å². The molecule has 8 heteroatoms. The third-order valence-corrected chi connectivity index (χ3v) is 5.53. The molecule has 3 rings (SSSR count). The highest BCUT2D eigenvalue weighted by atomic mass is 127. The molecule has 0 saturated heterocycles. The van der Waals surface area contributed by atoms with Crippen molar-refractivity contribution in [2.24, 2.45) is 10.9 Å². The average molecular weight is 555 g/mol. The van der Waals surface area contributed by atoms with Crippen LogP contribution in [0, 0.1) is 12.8 Å². The van der Waals surface area contributed by atoms with Crippen molar-refractivity contribution in [3.05, 3.63) is 41.0 Å². The predicted octanol–water partition coefficient (Wildman–Crippen LogP) is 4.61. The summed E-state index contributed by atoms with van der Waals surface area (Å²) in [6, 6.07) is 6.34. The van der Waals surface area contributed by atoms with Crippen LogP contribution >= 0.6 is 24.0 Å². The molecule has 0 atom stereocenters. The molecular formula is C24H39IN6O. The highest BCUT2D eigenvalue weighted by Crippen LogP contribution is 2.22. The predicted molar refractivity (Wildman–Crippen MR) is 141 cm³/mol. The number of hydrogen-bond acceptors (Lipinski definition) is 4. The van der Waals surface area contributed by atoms with E-state index < -0.39 is 0 Å². The monoisotopic (exact) mass is 554 g/mol. The van der Waals surface area contributed by atoms with E-state index in [0.717, 1.165) is 61.5 Å². The normalized spacial score (nSPS) is 13.8. The molecule has 2 heterocycles. The van der Waals surface area contributed by atoms with Gasteiger partial charge in [-0.05, 0) is 50.7 Å². The van der Waals surface area contributed by atoms with Crippen molar-refractivity contribution in [1.82, 2.24) is 25.4 Å². The summed E-state index contributed by atoms with van der Waals surface area (Å²) in [6.45, 7) is 12.3. The zero-order valence-electron chi connectivity index (χ0n) is 20.0. The van der Waals surface area contributed by atoms with Crippen molar-refractivity contribution in [2.75, 3.05) is 13.2 Å². The van der Waals surface area contributed by atoms with Crippen molar-refractivity contribution < 1.29 is 4.74 Å². The SMILES string of the molecule is CCNC(=NCc1ccc(C)cc1OCCC(C)C)NCc1nnc2n1CCCCC2.I. The summed E-state index contributed by atoms with van der Waals surface area (Å²) in [5.74, 6) is 4.43. The minimum absolute atomic E-state index is 0. The summed E-state index contributed by atoms with van der Waals surface area (Å²) >= 11 is 0. The van der Waals surface area contributed by atoms with Crippen LogP contribution in [0.3, 0.4) is 0 Å². The molecule has 0 spiro atoms. The molecule has 2 N–H and O–H groups in total. The number of fused-ring (bicyclic) bond motifs is 1. The summed E-state index contributed by atoms with van der Waals surface area (Å²) in [4.78, 5) is 4.80. The molecule has 32 heavy (non-hydrogen) atoms. The van der Waals surface area contributed by atoms with Crippen LogP contribution < -0.4 is 15.4 Å². The van der Waals surface area contributed by atoms with Crippen LogP contribution in [0.2, 0.25) is 0 Å². The van der Waals surface area contributed by atoms with Gasteiger partial charge in [0.2, 0.25) is 0 Å². The fourth-order valence-corrected chi connectivity index (χ4v) is 3.68. The average Bonchev–Trinajstić information content (AvgIpc) is 2.97. The number of halogens is 1. The number of ether oxygens (including phenoxy) is 1. The number of guanidine groups is 1. The lowest BCUT2D eigenvalue weighted by atomic mass is 10.1. The zero-order valence-corrected chi connectivity index (χ0v) is 22.3. The fourth-order valence-electron chi connectivity index (χ4n) is 3.68. The Morgan fingerprint density at radius 3 is 2.81 bits per heavy atom. The number of aromatic nitrogens is 3. The van der Waals surface area contributed by atoms with E-state index in [9.17, 15) is 0 Å². The van der Waals surface area contributed by atoms with Gasteiger partial charge in [0, 0.05) is 25.1 Å². The Morgan fingerprint density at radius 1 is 1.19 bits per heavy atom. The molecule has 1 aromatic carbocycles. The topological polar surface area (TPSA) is 76.4 Å². The number of benzene rings is 1. The second kappa shape index (κ2) is 13.6. The van der Waals surface area contributed by atoms with Gasteiger partial charge in [-0.25, -0.2) is 4.99 Å². The molecule has 1 aliphatic rings. The molecule has 2 aromatic rings. The maximum atomic E-state index is 6.08. The van der Waals surface area contributed by atoms with Crippen molar-refractivity contribution >= 4 is 29.9 Å². The maximum Gasteiger partial charge on any atom is 0.191 e. The van der Waals surface area contributed by atoms with Crippen LogP contribution in [0.5, 0.6) is 5.75 Å². The van der Waals surface area contributed by atoms with E-state index in [4.69, 9.17) is 9.73 Å². The van der Waals surface area contributed by atoms with Crippen LogP contribution in [0.4, 0.5) is 0 Å². The van der Waals surface area contributed by atoms with E-state index in [1.807, 2.05) is 0 Å². The molecular weight excluding hydrogens is 515 g/mol. The number of rotatable bonds is 9. The molecule has 0 fully saturated rings. The highest BCUT2D eigenvalue weighted by Gasteiger charge is 2.15. The fraction of sp³-hybridized carbons (Fsp3) is 0.625. The molecule has 178 valence electrons. The lowest BCUT2D eigenvalue weighted by molar-refractivity contribution is 0.287. The summed E-state index contributed by atoms with van der Waals surface area (Å²) in [5.41, 5.74) is 2.30. The second-order valence-corrected chi connectivity index (χ2v) is 8.69. The minimum atomic E-state index is 0. The van der Waals surface area contributed by atoms with Crippen LogP contribution in [0.15, 0.2) is 23.2 Å². The van der Waals surface area contributed by atoms with E-state index in [1.165, 1.54) is 24.8 Å². The van der Waals surface area contributed by atoms with Crippen molar-refractivity contribution in [1.29, 1.82) is 0 Å². The Labute approximate surface area is 209 Å². The van der Waals surface area contributed by atoms with Crippen molar-refractivity contribution in [3.63, 3.8) is 0 Å². The van der Waals surface area contributed by atoms with Gasteiger partial charge in [-0.15, -0.1) is 34.2 Å². The van der Waals surface area contributed by atoms with E-state index >= 15 is 0 Å². The lowest BCUT2D eigenvalue weighted by Gasteiger charge is -2.14. The summed E-state index contributed by atoms with van der Waals surface area (Å²) in [5, 5.41) is 15.6. The Balaban J connectivity index is 0.00000363. The first-order valence-electron chi connectivity index (χ1n) is 11.7. The molecule has 0 saturated carbocycles. The first-order valence-corrected chi connectivity index (χ1v) is 11.7. The third kappa shape index (κ3) is 7.94. The summed E-state index contributed by atoms with van der Waals surface area (Å²) in [7, 11) is 0. The molecule has 0 bridgehead atoms. The Hall–Kier alpha value is -1.84. The quantitative estimate of drug-likeness (QED) is 0.269. The zero-order chi connectivity index (χ0) is 22.1. The van der Waals surface area contributed by atoms with E-state index in [1.54, 1.807) is 0 Å². The summed E-state index contributed by atoms with van der Waals surface area (Å²) < 4.78 is 8.35. The highest BCUT2D eigenvalue weighted by molar-refractivity contribution is 14.0. The Kier molecular flexibility index (Phi) is 11.3. The van der Waals surface area contributed by atoms with Gasteiger partial charge in [0.1, 0.15) is 11.6 Å². The van der Waals surface area contributed by atoms with Crippen LogP contribution in [0.25, 0.3) is 0 Å². The Bertz CT molecular complexity index is 864. The molecule has 0 amide bonds. The van der Waals surface area contributed by atoms with Gasteiger partial charge in [-0.3, -0.25) is 0 Å². The van der Waals surface area contributed by atoms with E-state index in [-0.39, 0.29) is 24.0 Å². The maximum absolute atomic E-state index is 6.08. The number of nitrogens with zero attached hydrogens (tertiary/aromatic N) is 4. The second-order valence-electron chi connectivity index (χ2n) is 8.69. The van der Waals surface area contributed by atoms with Crippen molar-refractivity contribution in [3.8, 4) is 5.75 Å². The smallest absolute Gasteiger partial charge is 0.191 e. The molecule has 0 radical (unpaired) electrons. The van der Waals surface area contributed by atoms with Gasteiger partial charge < -0.3 is 19.9 Å². The first-order chi connectivity index (χ1) is 15.1. The van der Waals surface area contributed by atoms with E-state index in [0.29, 0.717) is 19.0 Å². The lowest BCUT2D eigenvalue weighted by Crippen LogP contribution is -2.37. The van der Waals surface area contributed by atoms with Gasteiger partial charge in [-0.1, -0.05) is 32.4 Å². The summed E-state index contributed by atoms with van der Waals surface area (Å²) in [6.07, 6.45) is 5.73. The number of aliphatic imine (C=N–C) groups is 1. The van der Waals surface area contributed by atoms with Gasteiger partial charge in [0.05, 0.1) is 19.7 Å². The molecule has 0 aliphatic carbocycles. The van der Waals surface area contributed by atoms with Gasteiger partial charge in [0.25, 0.3) is 0 Å². The molecule has 1 aliphatic heterocycles. The number of aryl methyl sites for hydroxylation is 2. The van der Waals surface area contributed by atoms with Crippen LogP contribution in [0.1, 0.15) is 69.2 Å². The Morgan fingerprint density at radius 2 is 2.03 bits per heavy atom. The number of hydrogen-bond donors (Lipinski definition) is 2. The third-order valence-electron chi connectivity index (χ3n) is 5.53. The molecule has 7 nitrogen and oxygen atoms in total. The number of nitrogens with one attached hydrogen (secondary N) is 2. The standard InChI is InChI=1S/C24H38N6O.HI/c1-5-25-24(27-17-23-29-28-22-9-7-6-8-13-30(22)23)26-16-20-11-10-19(4)15-21(20)31-14-12-18(2)3;/h10-11,15,18H,5-9,12-14,16-17H2,1-4H3,(H2,25,26,27);1H. The van der Waals surface area contributed by atoms with Crippen LogP contribution in [-0.4, -0.2) is 33.9 Å². The molecule has 1 aromatic heterocycles. The largest absolute Gasteiger partial charge is 0.493 e. The minimum Gasteiger partial charge on any atom is -0.493 e. The van der Waals surface area contributed by atoms with Gasteiger partial charge >= 0.3 is 0 Å². The van der Waals surface area contributed by atoms with Crippen molar-refractivity contribution in [2.45, 2.75) is 79.4 Å². The molecule has 0 unspecified atom stereocenters. The van der Waals surface area contributed by atoms with E-state index in [2.05, 4.69) is 71.3 Å². The first kappa shape index (κ1) is 26.4.